The molecule has 0 heterocycles. The maximum Gasteiger partial charge on any atom is 0.306 e. The SMILES string of the molecule is COc1cc(CCC(=O)OCC(=O)Nc2ccc(N(C)C)cc2)cc(OC)c1OC. The lowest BCUT2D eigenvalue weighted by Crippen LogP contribution is -2.21. The van der Waals surface area contributed by atoms with E-state index in [0.717, 1.165) is 11.3 Å². The van der Waals surface area contributed by atoms with Crippen molar-refractivity contribution in [3.63, 3.8) is 0 Å². The van der Waals surface area contributed by atoms with Crippen LogP contribution in [0.5, 0.6) is 17.2 Å². The molecule has 0 radical (unpaired) electrons. The number of aryl methyl sites for hydroxylation is 1. The van der Waals surface area contributed by atoms with Crippen molar-refractivity contribution < 1.29 is 28.5 Å². The first kappa shape index (κ1) is 22.9. The van der Waals surface area contributed by atoms with Crippen LogP contribution < -0.4 is 24.4 Å². The predicted octanol–water partition coefficient (Wildman–Crippen LogP) is 2.89. The van der Waals surface area contributed by atoms with Crippen molar-refractivity contribution in [3.8, 4) is 17.2 Å². The Hall–Kier alpha value is -3.42. The molecule has 0 bridgehead atoms. The van der Waals surface area contributed by atoms with E-state index in [9.17, 15) is 9.59 Å². The number of nitrogens with zero attached hydrogens (tertiary/aromatic N) is 1. The highest BCUT2D eigenvalue weighted by Crippen LogP contribution is 2.38. The first-order chi connectivity index (χ1) is 14.4. The van der Waals surface area contributed by atoms with Crippen molar-refractivity contribution in [1.82, 2.24) is 0 Å². The van der Waals surface area contributed by atoms with Crippen LogP contribution in [0.15, 0.2) is 36.4 Å². The van der Waals surface area contributed by atoms with E-state index in [1.54, 1.807) is 24.3 Å². The lowest BCUT2D eigenvalue weighted by Gasteiger charge is -2.14. The number of ether oxygens (including phenoxy) is 4. The van der Waals surface area contributed by atoms with Crippen LogP contribution in [0.3, 0.4) is 0 Å². The number of rotatable bonds is 10. The third-order valence-electron chi connectivity index (χ3n) is 4.37. The molecule has 0 atom stereocenters. The molecule has 2 rings (SSSR count). The minimum absolute atomic E-state index is 0.115. The Balaban J connectivity index is 1.84. The fourth-order valence-corrected chi connectivity index (χ4v) is 2.78. The zero-order valence-corrected chi connectivity index (χ0v) is 18.0. The lowest BCUT2D eigenvalue weighted by molar-refractivity contribution is -0.147. The van der Waals surface area contributed by atoms with Gasteiger partial charge in [-0.1, -0.05) is 0 Å². The maximum absolute atomic E-state index is 12.0. The molecular weight excluding hydrogens is 388 g/mol. The Bertz CT molecular complexity index is 839. The van der Waals surface area contributed by atoms with Crippen molar-refractivity contribution in [2.45, 2.75) is 12.8 Å². The topological polar surface area (TPSA) is 86.3 Å². The Morgan fingerprint density at radius 2 is 1.53 bits per heavy atom. The number of benzene rings is 2. The summed E-state index contributed by atoms with van der Waals surface area (Å²) in [7, 11) is 8.46. The molecule has 30 heavy (non-hydrogen) atoms. The number of amides is 1. The average Bonchev–Trinajstić information content (AvgIpc) is 2.75. The standard InChI is InChI=1S/C22H28N2O6/c1-24(2)17-9-7-16(8-10-17)23-20(25)14-30-21(26)11-6-15-12-18(27-3)22(29-5)19(13-15)28-4/h7-10,12-13H,6,11,14H2,1-5H3,(H,23,25). The first-order valence-corrected chi connectivity index (χ1v) is 9.39. The van der Waals surface area contributed by atoms with Gasteiger partial charge in [-0.3, -0.25) is 9.59 Å². The summed E-state index contributed by atoms with van der Waals surface area (Å²) in [6.07, 6.45) is 0.520. The monoisotopic (exact) mass is 416 g/mol. The summed E-state index contributed by atoms with van der Waals surface area (Å²) >= 11 is 0. The fraction of sp³-hybridized carbons (Fsp3) is 0.364. The van der Waals surface area contributed by atoms with Crippen LogP contribution in [0.25, 0.3) is 0 Å². The van der Waals surface area contributed by atoms with Crippen LogP contribution >= 0.6 is 0 Å². The molecule has 0 saturated heterocycles. The van der Waals surface area contributed by atoms with Gasteiger partial charge in [-0.05, 0) is 48.4 Å². The van der Waals surface area contributed by atoms with Gasteiger partial charge in [0.1, 0.15) is 0 Å². The van der Waals surface area contributed by atoms with E-state index >= 15 is 0 Å². The Labute approximate surface area is 176 Å². The number of hydrogen-bond donors (Lipinski definition) is 1. The minimum atomic E-state index is -0.471. The van der Waals surface area contributed by atoms with Crippen molar-refractivity contribution in [2.75, 3.05) is 52.2 Å². The van der Waals surface area contributed by atoms with Crippen LogP contribution in [0.4, 0.5) is 11.4 Å². The van der Waals surface area contributed by atoms with E-state index in [2.05, 4.69) is 5.32 Å². The highest BCUT2D eigenvalue weighted by molar-refractivity contribution is 5.92. The zero-order valence-electron chi connectivity index (χ0n) is 18.0. The largest absolute Gasteiger partial charge is 0.493 e. The number of nitrogens with one attached hydrogen (secondary N) is 1. The van der Waals surface area contributed by atoms with Crippen molar-refractivity contribution >= 4 is 23.3 Å². The smallest absolute Gasteiger partial charge is 0.306 e. The van der Waals surface area contributed by atoms with Crippen molar-refractivity contribution in [1.29, 1.82) is 0 Å². The average molecular weight is 416 g/mol. The number of carbonyl (C=O) groups excluding carboxylic acids is 2. The van der Waals surface area contributed by atoms with Gasteiger partial charge in [0.25, 0.3) is 5.91 Å². The molecule has 1 N–H and O–H groups in total. The minimum Gasteiger partial charge on any atom is -0.493 e. The van der Waals surface area contributed by atoms with Gasteiger partial charge in [-0.2, -0.15) is 0 Å². The van der Waals surface area contributed by atoms with E-state index in [1.165, 1.54) is 21.3 Å². The second-order valence-corrected chi connectivity index (χ2v) is 6.68. The van der Waals surface area contributed by atoms with Crippen LogP contribution in [0.2, 0.25) is 0 Å². The van der Waals surface area contributed by atoms with Crippen LogP contribution in [0.1, 0.15) is 12.0 Å². The Morgan fingerprint density at radius 3 is 2.03 bits per heavy atom. The molecule has 0 aliphatic heterocycles. The number of carbonyl (C=O) groups is 2. The molecule has 8 heteroatoms. The molecule has 0 aliphatic rings. The third-order valence-corrected chi connectivity index (χ3v) is 4.37. The highest BCUT2D eigenvalue weighted by atomic mass is 16.5. The van der Waals surface area contributed by atoms with Gasteiger partial charge < -0.3 is 29.2 Å². The van der Waals surface area contributed by atoms with Crippen molar-refractivity contribution in [2.24, 2.45) is 0 Å². The summed E-state index contributed by atoms with van der Waals surface area (Å²) in [4.78, 5) is 26.0. The van der Waals surface area contributed by atoms with Gasteiger partial charge in [-0.25, -0.2) is 0 Å². The maximum atomic E-state index is 12.0. The van der Waals surface area contributed by atoms with Gasteiger partial charge in [0, 0.05) is 31.9 Å². The zero-order chi connectivity index (χ0) is 22.1. The van der Waals surface area contributed by atoms with E-state index in [0.29, 0.717) is 29.4 Å². The van der Waals surface area contributed by atoms with Gasteiger partial charge in [0.15, 0.2) is 18.1 Å². The van der Waals surface area contributed by atoms with E-state index in [-0.39, 0.29) is 13.0 Å². The molecule has 2 aromatic carbocycles. The lowest BCUT2D eigenvalue weighted by atomic mass is 10.1. The summed E-state index contributed by atoms with van der Waals surface area (Å²) in [6.45, 7) is -0.344. The Morgan fingerprint density at radius 1 is 0.933 bits per heavy atom. The number of methoxy groups -OCH3 is 3. The molecule has 0 spiro atoms. The van der Waals surface area contributed by atoms with Gasteiger partial charge >= 0.3 is 5.97 Å². The van der Waals surface area contributed by atoms with Gasteiger partial charge in [0.2, 0.25) is 5.75 Å². The highest BCUT2D eigenvalue weighted by Gasteiger charge is 2.14. The van der Waals surface area contributed by atoms with E-state index in [4.69, 9.17) is 18.9 Å². The second kappa shape index (κ2) is 10.9. The van der Waals surface area contributed by atoms with Crippen LogP contribution in [0, 0.1) is 0 Å². The predicted molar refractivity (Wildman–Crippen MR) is 115 cm³/mol. The van der Waals surface area contributed by atoms with Gasteiger partial charge in [-0.15, -0.1) is 0 Å². The number of esters is 1. The molecule has 2 aromatic rings. The normalized spacial score (nSPS) is 10.2. The Kier molecular flexibility index (Phi) is 8.34. The third kappa shape index (κ3) is 6.30. The number of hydrogen-bond acceptors (Lipinski definition) is 7. The summed E-state index contributed by atoms with van der Waals surface area (Å²) in [5, 5.41) is 2.70. The molecule has 0 aliphatic carbocycles. The molecule has 8 nitrogen and oxygen atoms in total. The number of anilines is 2. The summed E-state index contributed by atoms with van der Waals surface area (Å²) in [5.74, 6) is 0.650. The first-order valence-electron chi connectivity index (χ1n) is 9.39. The quantitative estimate of drug-likeness (QED) is 0.596. The molecule has 162 valence electrons. The van der Waals surface area contributed by atoms with Crippen molar-refractivity contribution in [3.05, 3.63) is 42.0 Å². The van der Waals surface area contributed by atoms with Crippen LogP contribution in [-0.4, -0.2) is 53.9 Å². The summed E-state index contributed by atoms with van der Waals surface area (Å²) in [6, 6.07) is 10.9. The molecule has 0 aromatic heterocycles. The molecule has 0 fully saturated rings. The molecule has 0 saturated carbocycles. The molecule has 0 unspecified atom stereocenters. The summed E-state index contributed by atoms with van der Waals surface area (Å²) < 4.78 is 21.0. The second-order valence-electron chi connectivity index (χ2n) is 6.68. The van der Waals surface area contributed by atoms with Crippen LogP contribution in [-0.2, 0) is 20.7 Å². The van der Waals surface area contributed by atoms with E-state index < -0.39 is 11.9 Å². The molecule has 1 amide bonds. The van der Waals surface area contributed by atoms with Gasteiger partial charge in [0.05, 0.1) is 21.3 Å². The fourth-order valence-electron chi connectivity index (χ4n) is 2.78. The molecular formula is C22H28N2O6. The summed E-state index contributed by atoms with van der Waals surface area (Å²) in [5.41, 5.74) is 2.48. The van der Waals surface area contributed by atoms with E-state index in [1.807, 2.05) is 31.1 Å².